The second kappa shape index (κ2) is 7.61. The van der Waals surface area contributed by atoms with Gasteiger partial charge >= 0.3 is 0 Å². The van der Waals surface area contributed by atoms with Gasteiger partial charge in [0.2, 0.25) is 0 Å². The molecule has 0 fully saturated rings. The number of rotatable bonds is 5. The van der Waals surface area contributed by atoms with E-state index in [1.807, 2.05) is 0 Å². The van der Waals surface area contributed by atoms with Crippen molar-refractivity contribution < 1.29 is 14.5 Å². The highest BCUT2D eigenvalue weighted by molar-refractivity contribution is 6.54. The summed E-state index contributed by atoms with van der Waals surface area (Å²) < 4.78 is 0. The van der Waals surface area contributed by atoms with Gasteiger partial charge in [-0.3, -0.25) is 19.7 Å². The van der Waals surface area contributed by atoms with E-state index in [2.05, 4.69) is 5.32 Å². The minimum atomic E-state index is -1.36. The number of anilines is 1. The predicted octanol–water partition coefficient (Wildman–Crippen LogP) is 4.22. The van der Waals surface area contributed by atoms with E-state index in [0.717, 1.165) is 12.1 Å². The van der Waals surface area contributed by atoms with E-state index in [0.29, 0.717) is 0 Å². The smallest absolute Gasteiger partial charge is 0.270 e. The third kappa shape index (κ3) is 4.03. The number of amides is 1. The zero-order chi connectivity index (χ0) is 17.9. The Labute approximate surface area is 151 Å². The number of nitrogens with one attached hydrogen (secondary N) is 1. The van der Waals surface area contributed by atoms with Crippen molar-refractivity contribution in [1.82, 2.24) is 0 Å². The summed E-state index contributed by atoms with van der Waals surface area (Å²) in [5.74, 6) is -1.35. The maximum Gasteiger partial charge on any atom is 0.270 e. The zero-order valence-corrected chi connectivity index (χ0v) is 14.1. The van der Waals surface area contributed by atoms with Crippen molar-refractivity contribution in [2.24, 2.45) is 0 Å². The summed E-state index contributed by atoms with van der Waals surface area (Å²) >= 11 is 16.9. The molecule has 9 heteroatoms. The number of hydrogen-bond acceptors (Lipinski definition) is 4. The number of nitro groups is 1. The normalized spacial score (nSPS) is 10.5. The highest BCUT2D eigenvalue weighted by Gasteiger charge is 2.22. The fraction of sp³-hybridized carbons (Fsp3) is 0.0667. The molecule has 0 aliphatic heterocycles. The molecule has 0 atom stereocenters. The quantitative estimate of drug-likeness (QED) is 0.360. The van der Waals surface area contributed by atoms with Gasteiger partial charge < -0.3 is 5.32 Å². The highest BCUT2D eigenvalue weighted by Crippen LogP contribution is 2.27. The molecule has 0 aliphatic carbocycles. The first-order valence-corrected chi connectivity index (χ1v) is 7.73. The van der Waals surface area contributed by atoms with Crippen molar-refractivity contribution in [3.63, 3.8) is 0 Å². The molecule has 0 unspecified atom stereocenters. The van der Waals surface area contributed by atoms with Gasteiger partial charge in [0.25, 0.3) is 11.6 Å². The van der Waals surface area contributed by atoms with Crippen LogP contribution in [0.2, 0.25) is 5.02 Å². The molecule has 0 aromatic heterocycles. The van der Waals surface area contributed by atoms with E-state index < -0.39 is 21.5 Å². The molecule has 2 aromatic rings. The standard InChI is InChI=1S/C15H9Cl3N2O4/c16-11-4-2-1-3-9(11)13(21)10-7-8(20(23)24)5-6-12(10)19-15(22)14(17)18/h1-7,14H,(H,19,22). The van der Waals surface area contributed by atoms with Crippen molar-refractivity contribution >= 4 is 57.9 Å². The average molecular weight is 388 g/mol. The minimum absolute atomic E-state index is 0.0434. The molecule has 0 spiro atoms. The Morgan fingerprint density at radius 3 is 2.33 bits per heavy atom. The van der Waals surface area contributed by atoms with Crippen molar-refractivity contribution in [2.45, 2.75) is 4.84 Å². The Morgan fingerprint density at radius 1 is 1.08 bits per heavy atom. The van der Waals surface area contributed by atoms with Crippen molar-refractivity contribution in [1.29, 1.82) is 0 Å². The zero-order valence-electron chi connectivity index (χ0n) is 11.8. The van der Waals surface area contributed by atoms with Crippen LogP contribution in [0.5, 0.6) is 0 Å². The van der Waals surface area contributed by atoms with E-state index in [1.165, 1.54) is 18.2 Å². The van der Waals surface area contributed by atoms with Crippen molar-refractivity contribution in [3.05, 3.63) is 68.7 Å². The van der Waals surface area contributed by atoms with Crippen LogP contribution in [0.4, 0.5) is 11.4 Å². The summed E-state index contributed by atoms with van der Waals surface area (Å²) in [6.45, 7) is 0. The van der Waals surface area contributed by atoms with Crippen LogP contribution < -0.4 is 5.32 Å². The molecule has 124 valence electrons. The Hall–Kier alpha value is -2.15. The van der Waals surface area contributed by atoms with E-state index in [1.54, 1.807) is 12.1 Å². The molecule has 0 aliphatic rings. The molecule has 1 amide bonds. The van der Waals surface area contributed by atoms with Gasteiger partial charge in [0.1, 0.15) is 0 Å². The fourth-order valence-electron chi connectivity index (χ4n) is 1.92. The number of alkyl halides is 2. The van der Waals surface area contributed by atoms with Gasteiger partial charge in [-0.15, -0.1) is 0 Å². The topological polar surface area (TPSA) is 89.3 Å². The van der Waals surface area contributed by atoms with E-state index in [-0.39, 0.29) is 27.5 Å². The number of non-ortho nitro benzene ring substituents is 1. The van der Waals surface area contributed by atoms with Crippen LogP contribution in [0.25, 0.3) is 0 Å². The molecule has 0 radical (unpaired) electrons. The summed E-state index contributed by atoms with van der Waals surface area (Å²) in [6.07, 6.45) is 0. The number of hydrogen-bond donors (Lipinski definition) is 1. The molecule has 0 saturated heterocycles. The third-order valence-corrected chi connectivity index (χ3v) is 3.76. The highest BCUT2D eigenvalue weighted by atomic mass is 35.5. The third-order valence-electron chi connectivity index (χ3n) is 3.03. The summed E-state index contributed by atoms with van der Waals surface area (Å²) in [6, 6.07) is 9.66. The van der Waals surface area contributed by atoms with Crippen LogP contribution in [0.15, 0.2) is 42.5 Å². The van der Waals surface area contributed by atoms with Gasteiger partial charge in [0.05, 0.1) is 21.2 Å². The summed E-state index contributed by atoms with van der Waals surface area (Å²) in [5.41, 5.74) is -0.221. The number of nitro benzene ring substituents is 1. The fourth-order valence-corrected chi connectivity index (χ4v) is 2.25. The van der Waals surface area contributed by atoms with Gasteiger partial charge in [-0.05, 0) is 18.2 Å². The molecule has 24 heavy (non-hydrogen) atoms. The monoisotopic (exact) mass is 386 g/mol. The maximum atomic E-state index is 12.7. The lowest BCUT2D eigenvalue weighted by Crippen LogP contribution is -2.20. The number of carbonyl (C=O) groups excluding carboxylic acids is 2. The van der Waals surface area contributed by atoms with Gasteiger partial charge in [0, 0.05) is 17.7 Å². The van der Waals surface area contributed by atoms with Crippen LogP contribution in [0.1, 0.15) is 15.9 Å². The molecule has 6 nitrogen and oxygen atoms in total. The minimum Gasteiger partial charge on any atom is -0.323 e. The number of carbonyl (C=O) groups is 2. The second-order valence-corrected chi connectivity index (χ2v) is 6.09. The molecular weight excluding hydrogens is 379 g/mol. The number of nitrogens with zero attached hydrogens (tertiary/aromatic N) is 1. The lowest BCUT2D eigenvalue weighted by atomic mass is 10.0. The predicted molar refractivity (Wildman–Crippen MR) is 92.1 cm³/mol. The Morgan fingerprint density at radius 2 is 1.75 bits per heavy atom. The molecule has 2 aromatic carbocycles. The average Bonchev–Trinajstić information content (AvgIpc) is 2.54. The summed E-state index contributed by atoms with van der Waals surface area (Å²) in [5, 5.41) is 13.5. The lowest BCUT2D eigenvalue weighted by molar-refractivity contribution is -0.384. The SMILES string of the molecule is O=C(c1ccccc1Cl)c1cc([N+](=O)[O-])ccc1NC(=O)C(Cl)Cl. The van der Waals surface area contributed by atoms with Crippen molar-refractivity contribution in [2.75, 3.05) is 5.32 Å². The Kier molecular flexibility index (Phi) is 5.77. The molecule has 0 bridgehead atoms. The van der Waals surface area contributed by atoms with Crippen LogP contribution in [-0.4, -0.2) is 21.5 Å². The first-order valence-electron chi connectivity index (χ1n) is 6.48. The number of benzene rings is 2. The van der Waals surface area contributed by atoms with Gasteiger partial charge in [-0.25, -0.2) is 0 Å². The van der Waals surface area contributed by atoms with Crippen molar-refractivity contribution in [3.8, 4) is 0 Å². The van der Waals surface area contributed by atoms with E-state index in [9.17, 15) is 19.7 Å². The molecule has 1 N–H and O–H groups in total. The molecule has 0 heterocycles. The first-order chi connectivity index (χ1) is 11.3. The van der Waals surface area contributed by atoms with Gasteiger partial charge in [0.15, 0.2) is 10.6 Å². The number of halogens is 3. The number of ketones is 1. The lowest BCUT2D eigenvalue weighted by Gasteiger charge is -2.11. The molecular formula is C15H9Cl3N2O4. The largest absolute Gasteiger partial charge is 0.323 e. The van der Waals surface area contributed by atoms with Crippen LogP contribution in [0, 0.1) is 10.1 Å². The summed E-state index contributed by atoms with van der Waals surface area (Å²) in [4.78, 5) is 33.3. The second-order valence-electron chi connectivity index (χ2n) is 4.59. The Bertz CT molecular complexity index is 824. The van der Waals surface area contributed by atoms with Crippen LogP contribution >= 0.6 is 34.8 Å². The van der Waals surface area contributed by atoms with Gasteiger partial charge in [-0.1, -0.05) is 46.9 Å². The van der Waals surface area contributed by atoms with E-state index in [4.69, 9.17) is 34.8 Å². The Balaban J connectivity index is 2.54. The molecule has 2 rings (SSSR count). The molecule has 0 saturated carbocycles. The van der Waals surface area contributed by atoms with Crippen LogP contribution in [-0.2, 0) is 4.79 Å². The van der Waals surface area contributed by atoms with Gasteiger partial charge in [-0.2, -0.15) is 0 Å². The maximum absolute atomic E-state index is 12.7. The van der Waals surface area contributed by atoms with Crippen LogP contribution in [0.3, 0.4) is 0 Å². The summed E-state index contributed by atoms with van der Waals surface area (Å²) in [7, 11) is 0. The first kappa shape index (κ1) is 18.2. The van der Waals surface area contributed by atoms with E-state index >= 15 is 0 Å².